The van der Waals surface area contributed by atoms with E-state index in [2.05, 4.69) is 25.5 Å². The Bertz CT molecular complexity index is 1410. The maximum absolute atomic E-state index is 13.1. The van der Waals surface area contributed by atoms with Gasteiger partial charge in [-0.05, 0) is 55.6 Å². The van der Waals surface area contributed by atoms with Crippen molar-refractivity contribution in [3.63, 3.8) is 0 Å². The van der Waals surface area contributed by atoms with Gasteiger partial charge in [-0.3, -0.25) is 5.32 Å². The number of likely N-dealkylation sites (tertiary alicyclic amines) is 1. The van der Waals surface area contributed by atoms with Crippen molar-refractivity contribution in [2.24, 2.45) is 5.73 Å². The third kappa shape index (κ3) is 6.84. The van der Waals surface area contributed by atoms with E-state index in [-0.39, 0.29) is 5.89 Å². The van der Waals surface area contributed by atoms with E-state index >= 15 is 0 Å². The third-order valence-corrected chi connectivity index (χ3v) is 6.39. The summed E-state index contributed by atoms with van der Waals surface area (Å²) in [5.41, 5.74) is 8.10. The van der Waals surface area contributed by atoms with Crippen molar-refractivity contribution in [3.05, 3.63) is 77.2 Å². The van der Waals surface area contributed by atoms with Crippen molar-refractivity contribution >= 4 is 11.8 Å². The number of anilines is 1. The highest BCUT2D eigenvalue weighted by molar-refractivity contribution is 5.89. The molecule has 5 rings (SSSR count). The van der Waals surface area contributed by atoms with Gasteiger partial charge in [0.1, 0.15) is 5.82 Å². The lowest BCUT2D eigenvalue weighted by molar-refractivity contribution is 0.160. The van der Waals surface area contributed by atoms with Gasteiger partial charge in [0.25, 0.3) is 5.89 Å². The monoisotopic (exact) mass is 539 g/mol. The summed E-state index contributed by atoms with van der Waals surface area (Å²) in [6.45, 7) is 7.00. The highest BCUT2D eigenvalue weighted by Crippen LogP contribution is 2.30. The van der Waals surface area contributed by atoms with Gasteiger partial charge in [0.2, 0.25) is 5.89 Å². The van der Waals surface area contributed by atoms with E-state index in [9.17, 15) is 13.6 Å². The Hall–Kier alpha value is -4.16. The number of ether oxygens (including phenoxy) is 1. The predicted molar refractivity (Wildman–Crippen MR) is 142 cm³/mol. The van der Waals surface area contributed by atoms with Crippen molar-refractivity contribution in [1.82, 2.24) is 24.9 Å². The van der Waals surface area contributed by atoms with Crippen molar-refractivity contribution in [2.45, 2.75) is 26.2 Å². The number of urea groups is 1. The van der Waals surface area contributed by atoms with Crippen LogP contribution in [-0.4, -0.2) is 64.3 Å². The minimum absolute atomic E-state index is 0.289. The number of methoxy groups -OCH3 is 1. The van der Waals surface area contributed by atoms with Crippen LogP contribution in [-0.2, 0) is 4.74 Å². The number of benzene rings is 2. The van der Waals surface area contributed by atoms with Crippen molar-refractivity contribution in [3.8, 4) is 17.3 Å². The Kier molecular flexibility index (Phi) is 8.99. The van der Waals surface area contributed by atoms with Crippen LogP contribution >= 0.6 is 0 Å². The summed E-state index contributed by atoms with van der Waals surface area (Å²) in [6.07, 6.45) is 0.995. The minimum atomic E-state index is -0.775. The summed E-state index contributed by atoms with van der Waals surface area (Å²) < 4.78 is 38.0. The molecule has 2 amide bonds. The number of carbonyl (C=O) groups excluding carboxylic acids is 1. The van der Waals surface area contributed by atoms with Crippen molar-refractivity contribution in [2.75, 3.05) is 38.7 Å². The first kappa shape index (κ1) is 27.9. The highest BCUT2D eigenvalue weighted by Gasteiger charge is 2.24. The normalized spacial score (nSPS) is 15.2. The lowest BCUT2D eigenvalue weighted by Crippen LogP contribution is -2.24. The Labute approximate surface area is 224 Å². The topological polar surface area (TPSA) is 124 Å². The second kappa shape index (κ2) is 12.6. The first-order chi connectivity index (χ1) is 18.8. The van der Waals surface area contributed by atoms with Crippen molar-refractivity contribution < 1.29 is 22.7 Å². The predicted octanol–water partition coefficient (Wildman–Crippen LogP) is 4.43. The average Bonchev–Trinajstić information content (AvgIpc) is 3.65. The first-order valence-corrected chi connectivity index (χ1v) is 12.4. The molecule has 0 radical (unpaired) electrons. The van der Waals surface area contributed by atoms with Gasteiger partial charge < -0.3 is 19.8 Å². The number of primary amides is 1. The summed E-state index contributed by atoms with van der Waals surface area (Å²) in [7, 11) is 1.68. The SMILES string of the molecule is COCCN1CCC(c2ccc(F)c(F)c2)C1.Cc1nnc(-c2nn(-c3ccccc3)c(NC(N)=O)c2C)o1. The molecular weight excluding hydrogens is 508 g/mol. The second-order valence-electron chi connectivity index (χ2n) is 9.14. The average molecular weight is 540 g/mol. The molecule has 1 unspecified atom stereocenters. The third-order valence-electron chi connectivity index (χ3n) is 6.39. The first-order valence-electron chi connectivity index (χ1n) is 12.4. The largest absolute Gasteiger partial charge is 0.420 e. The standard InChI is InChI=1S/C14H14N6O2.C13H17F2NO/c1-8-11(13-18-17-9(2)22-13)19-20(12(8)16-14(15)21)10-6-4-3-5-7-10;1-17-7-6-16-5-4-11(9-16)10-2-3-12(14)13(15)8-10/h3-7H,1-2H3,(H3,15,16,21);2-3,8,11H,4-7,9H2,1H3. The zero-order chi connectivity index (χ0) is 27.9. The molecule has 3 N–H and O–H groups in total. The Balaban J connectivity index is 0.000000187. The number of aryl methyl sites for hydroxylation is 1. The van der Waals surface area contributed by atoms with Crippen molar-refractivity contribution in [1.29, 1.82) is 0 Å². The number of carbonyl (C=O) groups is 1. The number of nitrogens with zero attached hydrogens (tertiary/aromatic N) is 5. The van der Waals surface area contributed by atoms with Crippen LogP contribution in [0.1, 0.15) is 29.4 Å². The number of aromatic nitrogens is 4. The summed E-state index contributed by atoms with van der Waals surface area (Å²) in [5.74, 6) is -0.0300. The van der Waals surface area contributed by atoms with Crippen LogP contribution < -0.4 is 11.1 Å². The number of hydrogen-bond acceptors (Lipinski definition) is 7. The summed E-state index contributed by atoms with van der Waals surface area (Å²) in [5, 5.41) is 14.8. The van der Waals surface area contributed by atoms with Gasteiger partial charge in [0, 0.05) is 32.7 Å². The molecule has 10 nitrogen and oxygen atoms in total. The van der Waals surface area contributed by atoms with Gasteiger partial charge in [-0.15, -0.1) is 10.2 Å². The molecule has 1 fully saturated rings. The van der Waals surface area contributed by atoms with Crippen LogP contribution in [0.5, 0.6) is 0 Å². The van der Waals surface area contributed by atoms with Crippen LogP contribution in [0, 0.1) is 25.5 Å². The smallest absolute Gasteiger partial charge is 0.317 e. The molecule has 1 aliphatic heterocycles. The second-order valence-corrected chi connectivity index (χ2v) is 9.14. The van der Waals surface area contributed by atoms with Gasteiger partial charge in [0.15, 0.2) is 17.3 Å². The minimum Gasteiger partial charge on any atom is -0.420 e. The van der Waals surface area contributed by atoms with Crippen LogP contribution in [0.15, 0.2) is 52.9 Å². The van der Waals surface area contributed by atoms with Crippen LogP contribution in [0.4, 0.5) is 19.4 Å². The fourth-order valence-corrected chi connectivity index (χ4v) is 4.41. The lowest BCUT2D eigenvalue weighted by atomic mass is 9.98. The lowest BCUT2D eigenvalue weighted by Gasteiger charge is -2.15. The van der Waals surface area contributed by atoms with E-state index in [0.29, 0.717) is 35.5 Å². The molecule has 39 heavy (non-hydrogen) atoms. The molecule has 1 aliphatic rings. The van der Waals surface area contributed by atoms with E-state index in [1.54, 1.807) is 31.7 Å². The fraction of sp³-hybridized carbons (Fsp3) is 0.333. The van der Waals surface area contributed by atoms with Crippen LogP contribution in [0.25, 0.3) is 17.3 Å². The molecule has 12 heteroatoms. The number of nitrogens with two attached hydrogens (primary N) is 1. The molecule has 206 valence electrons. The van der Waals surface area contributed by atoms with Gasteiger partial charge in [-0.25, -0.2) is 18.3 Å². The summed E-state index contributed by atoms with van der Waals surface area (Å²) in [6, 6.07) is 12.9. The molecular formula is C27H31F2N7O3. The molecule has 0 spiro atoms. The van der Waals surface area contributed by atoms with E-state index in [4.69, 9.17) is 14.9 Å². The van der Waals surface area contributed by atoms with E-state index in [1.165, 1.54) is 12.1 Å². The van der Waals surface area contributed by atoms with Gasteiger partial charge in [0.05, 0.1) is 12.3 Å². The van der Waals surface area contributed by atoms with Gasteiger partial charge in [-0.2, -0.15) is 5.10 Å². The van der Waals surface area contributed by atoms with E-state index in [1.807, 2.05) is 30.3 Å². The van der Waals surface area contributed by atoms with E-state index < -0.39 is 17.7 Å². The van der Waals surface area contributed by atoms with Crippen LogP contribution in [0.2, 0.25) is 0 Å². The summed E-state index contributed by atoms with van der Waals surface area (Å²) in [4.78, 5) is 13.6. The Morgan fingerprint density at radius 3 is 2.56 bits per heavy atom. The van der Waals surface area contributed by atoms with Gasteiger partial charge in [-0.1, -0.05) is 24.3 Å². The molecule has 0 saturated carbocycles. The maximum atomic E-state index is 13.1. The number of para-hydroxylation sites is 1. The van der Waals surface area contributed by atoms with Crippen LogP contribution in [0.3, 0.4) is 0 Å². The molecule has 0 bridgehead atoms. The highest BCUT2D eigenvalue weighted by atomic mass is 19.2. The number of nitrogens with one attached hydrogen (secondary N) is 1. The maximum Gasteiger partial charge on any atom is 0.317 e. The fourth-order valence-electron chi connectivity index (χ4n) is 4.41. The molecule has 4 aromatic rings. The molecule has 1 saturated heterocycles. The zero-order valence-electron chi connectivity index (χ0n) is 22.0. The van der Waals surface area contributed by atoms with Gasteiger partial charge >= 0.3 is 6.03 Å². The number of hydrogen-bond donors (Lipinski definition) is 2. The molecule has 1 atom stereocenters. The summed E-state index contributed by atoms with van der Waals surface area (Å²) >= 11 is 0. The van der Waals surface area contributed by atoms with E-state index in [0.717, 1.165) is 37.3 Å². The molecule has 2 aromatic heterocycles. The molecule has 3 heterocycles. The number of amides is 2. The number of rotatable bonds is 7. The molecule has 0 aliphatic carbocycles. The zero-order valence-corrected chi connectivity index (χ0v) is 22.0. The Morgan fingerprint density at radius 2 is 1.92 bits per heavy atom. The molecule has 2 aromatic carbocycles. The number of halogens is 2. The quantitative estimate of drug-likeness (QED) is 0.356. The Morgan fingerprint density at radius 1 is 1.15 bits per heavy atom.